The lowest BCUT2D eigenvalue weighted by atomic mass is 9.96. The van der Waals surface area contributed by atoms with Crippen LogP contribution in [0, 0.1) is 0 Å². The molecule has 1 aliphatic heterocycles. The molecule has 2 aromatic rings. The molecule has 0 atom stereocenters. The number of nitrogens with zero attached hydrogens (tertiary/aromatic N) is 4. The summed E-state index contributed by atoms with van der Waals surface area (Å²) in [5, 5.41) is 0.527. The second kappa shape index (κ2) is 4.27. The van der Waals surface area contributed by atoms with E-state index in [0.29, 0.717) is 11.1 Å². The Hall–Kier alpha value is -1.13. The Bertz CT molecular complexity index is 528. The van der Waals surface area contributed by atoms with E-state index in [1.54, 1.807) is 6.20 Å². The van der Waals surface area contributed by atoms with E-state index in [2.05, 4.69) is 26.3 Å². The lowest BCUT2D eigenvalue weighted by Crippen LogP contribution is -2.29. The molecule has 0 aromatic carbocycles. The topological polar surface area (TPSA) is 33.4 Å². The molecule has 0 aliphatic carbocycles. The van der Waals surface area contributed by atoms with Gasteiger partial charge in [-0.05, 0) is 33.0 Å². The highest BCUT2D eigenvalue weighted by Crippen LogP contribution is 2.28. The number of hydrogen-bond acceptors (Lipinski definition) is 3. The van der Waals surface area contributed by atoms with E-state index in [1.165, 1.54) is 0 Å². The van der Waals surface area contributed by atoms with Crippen molar-refractivity contribution in [1.29, 1.82) is 0 Å². The van der Waals surface area contributed by atoms with Gasteiger partial charge in [0.05, 0.1) is 6.20 Å². The number of halogens is 1. The van der Waals surface area contributed by atoms with Crippen molar-refractivity contribution < 1.29 is 0 Å². The Kier molecular flexibility index (Phi) is 2.76. The Labute approximate surface area is 105 Å². The SMILES string of the molecule is CN1CCC(c2ncc3c(Cl)nccn23)CC1. The fourth-order valence-electron chi connectivity index (χ4n) is 2.48. The van der Waals surface area contributed by atoms with Gasteiger partial charge in [-0.15, -0.1) is 0 Å². The van der Waals surface area contributed by atoms with Crippen LogP contribution < -0.4 is 0 Å². The predicted octanol–water partition coefficient (Wildman–Crippen LogP) is 2.19. The van der Waals surface area contributed by atoms with Crippen LogP contribution in [0.2, 0.25) is 5.15 Å². The van der Waals surface area contributed by atoms with Crippen molar-refractivity contribution in [3.63, 3.8) is 0 Å². The maximum atomic E-state index is 6.05. The van der Waals surface area contributed by atoms with Crippen LogP contribution in [0.1, 0.15) is 24.6 Å². The van der Waals surface area contributed by atoms with Gasteiger partial charge in [-0.3, -0.25) is 4.40 Å². The molecule has 0 spiro atoms. The van der Waals surface area contributed by atoms with E-state index < -0.39 is 0 Å². The molecule has 0 unspecified atom stereocenters. The van der Waals surface area contributed by atoms with Crippen LogP contribution in [0.5, 0.6) is 0 Å². The van der Waals surface area contributed by atoms with E-state index in [1.807, 2.05) is 12.4 Å². The summed E-state index contributed by atoms with van der Waals surface area (Å²) in [5.74, 6) is 1.66. The number of aromatic nitrogens is 3. The fourth-order valence-corrected chi connectivity index (χ4v) is 2.68. The Morgan fingerprint density at radius 1 is 1.29 bits per heavy atom. The number of rotatable bonds is 1. The lowest BCUT2D eigenvalue weighted by Gasteiger charge is -2.28. The molecular formula is C12H15ClN4. The maximum absolute atomic E-state index is 6.05. The minimum atomic E-state index is 0.527. The normalized spacial score (nSPS) is 18.9. The second-order valence-electron chi connectivity index (χ2n) is 4.67. The molecule has 1 saturated heterocycles. The molecule has 90 valence electrons. The number of piperidine rings is 1. The first-order chi connectivity index (χ1) is 8.25. The van der Waals surface area contributed by atoms with Crippen LogP contribution in [0.25, 0.3) is 5.52 Å². The molecule has 1 aliphatic rings. The van der Waals surface area contributed by atoms with Crippen molar-refractivity contribution in [3.8, 4) is 0 Å². The third kappa shape index (κ3) is 1.91. The molecule has 0 amide bonds. The zero-order chi connectivity index (χ0) is 11.8. The molecule has 0 N–H and O–H groups in total. The van der Waals surface area contributed by atoms with Gasteiger partial charge in [0.15, 0.2) is 5.15 Å². The van der Waals surface area contributed by atoms with E-state index >= 15 is 0 Å². The standard InChI is InChI=1S/C12H15ClN4/c1-16-5-2-9(3-6-16)12-15-8-10-11(13)14-4-7-17(10)12/h4,7-9H,2-3,5-6H2,1H3. The summed E-state index contributed by atoms with van der Waals surface area (Å²) in [5.41, 5.74) is 0.906. The lowest BCUT2D eigenvalue weighted by molar-refractivity contribution is 0.251. The Morgan fingerprint density at radius 3 is 2.82 bits per heavy atom. The van der Waals surface area contributed by atoms with Crippen molar-refractivity contribution >= 4 is 17.1 Å². The molecule has 1 fully saturated rings. The highest BCUT2D eigenvalue weighted by Gasteiger charge is 2.22. The monoisotopic (exact) mass is 250 g/mol. The van der Waals surface area contributed by atoms with Gasteiger partial charge >= 0.3 is 0 Å². The zero-order valence-electron chi connectivity index (χ0n) is 9.80. The van der Waals surface area contributed by atoms with Gasteiger partial charge in [-0.2, -0.15) is 0 Å². The van der Waals surface area contributed by atoms with Gasteiger partial charge in [0.2, 0.25) is 0 Å². The summed E-state index contributed by atoms with van der Waals surface area (Å²) in [6, 6.07) is 0. The Morgan fingerprint density at radius 2 is 2.06 bits per heavy atom. The third-order valence-corrected chi connectivity index (χ3v) is 3.82. The van der Waals surface area contributed by atoms with Gasteiger partial charge in [0, 0.05) is 18.3 Å². The first kappa shape index (κ1) is 11.0. The van der Waals surface area contributed by atoms with Crippen molar-refractivity contribution in [2.75, 3.05) is 20.1 Å². The van der Waals surface area contributed by atoms with Gasteiger partial charge in [-0.1, -0.05) is 11.6 Å². The predicted molar refractivity (Wildman–Crippen MR) is 67.5 cm³/mol. The summed E-state index contributed by atoms with van der Waals surface area (Å²) >= 11 is 6.05. The van der Waals surface area contributed by atoms with Crippen LogP contribution in [-0.4, -0.2) is 39.4 Å². The fraction of sp³-hybridized carbons (Fsp3) is 0.500. The molecular weight excluding hydrogens is 236 g/mol. The van der Waals surface area contributed by atoms with Gasteiger partial charge in [0.25, 0.3) is 0 Å². The second-order valence-corrected chi connectivity index (χ2v) is 5.03. The summed E-state index contributed by atoms with van der Waals surface area (Å²) in [6.07, 6.45) is 7.82. The highest BCUT2D eigenvalue weighted by molar-refractivity contribution is 6.32. The summed E-state index contributed by atoms with van der Waals surface area (Å²) in [4.78, 5) is 11.0. The molecule has 3 rings (SSSR count). The largest absolute Gasteiger partial charge is 0.306 e. The average Bonchev–Trinajstić information content (AvgIpc) is 2.75. The van der Waals surface area contributed by atoms with Crippen LogP contribution in [0.15, 0.2) is 18.6 Å². The van der Waals surface area contributed by atoms with E-state index in [-0.39, 0.29) is 0 Å². The van der Waals surface area contributed by atoms with E-state index in [9.17, 15) is 0 Å². The van der Waals surface area contributed by atoms with E-state index in [0.717, 1.165) is 37.3 Å². The van der Waals surface area contributed by atoms with Crippen LogP contribution in [0.4, 0.5) is 0 Å². The van der Waals surface area contributed by atoms with Crippen LogP contribution in [-0.2, 0) is 0 Å². The number of fused-ring (bicyclic) bond motifs is 1. The average molecular weight is 251 g/mol. The molecule has 4 nitrogen and oxygen atoms in total. The minimum Gasteiger partial charge on any atom is -0.306 e. The molecule has 0 radical (unpaired) electrons. The maximum Gasteiger partial charge on any atom is 0.154 e. The summed E-state index contributed by atoms with van der Waals surface area (Å²) in [7, 11) is 2.17. The Balaban J connectivity index is 1.98. The quantitative estimate of drug-likeness (QED) is 0.778. The van der Waals surface area contributed by atoms with Crippen LogP contribution in [0.3, 0.4) is 0 Å². The molecule has 5 heteroatoms. The van der Waals surface area contributed by atoms with Crippen molar-refractivity contribution in [3.05, 3.63) is 29.6 Å². The third-order valence-electron chi connectivity index (χ3n) is 3.52. The summed E-state index contributed by atoms with van der Waals surface area (Å²) in [6.45, 7) is 2.27. The molecule has 17 heavy (non-hydrogen) atoms. The smallest absolute Gasteiger partial charge is 0.154 e. The first-order valence-corrected chi connectivity index (χ1v) is 6.29. The van der Waals surface area contributed by atoms with Gasteiger partial charge < -0.3 is 4.90 Å². The van der Waals surface area contributed by atoms with Crippen molar-refractivity contribution in [2.24, 2.45) is 0 Å². The van der Waals surface area contributed by atoms with E-state index in [4.69, 9.17) is 11.6 Å². The number of likely N-dealkylation sites (tertiary alicyclic amines) is 1. The van der Waals surface area contributed by atoms with Crippen molar-refractivity contribution in [1.82, 2.24) is 19.3 Å². The van der Waals surface area contributed by atoms with Gasteiger partial charge in [0.1, 0.15) is 11.3 Å². The van der Waals surface area contributed by atoms with Crippen LogP contribution >= 0.6 is 11.6 Å². The molecule has 0 saturated carbocycles. The molecule has 3 heterocycles. The number of imidazole rings is 1. The first-order valence-electron chi connectivity index (χ1n) is 5.91. The molecule has 2 aromatic heterocycles. The van der Waals surface area contributed by atoms with Crippen molar-refractivity contribution in [2.45, 2.75) is 18.8 Å². The van der Waals surface area contributed by atoms with Gasteiger partial charge in [-0.25, -0.2) is 9.97 Å². The summed E-state index contributed by atoms with van der Waals surface area (Å²) < 4.78 is 2.07. The minimum absolute atomic E-state index is 0.527. The molecule has 0 bridgehead atoms. The zero-order valence-corrected chi connectivity index (χ0v) is 10.6. The number of hydrogen-bond donors (Lipinski definition) is 0. The highest BCUT2D eigenvalue weighted by atomic mass is 35.5.